The molecule has 4 aromatic rings. The number of terminal acetylenes is 1. The SMILES string of the molecule is C#C/C=C(\C=C/C)c1nnc(-c2ccccc2)n1-c1cccc2ccccc12. The van der Waals surface area contributed by atoms with Crippen molar-refractivity contribution in [3.63, 3.8) is 0 Å². The Kier molecular flexibility index (Phi) is 4.86. The quantitative estimate of drug-likeness (QED) is 0.346. The number of fused-ring (bicyclic) bond motifs is 1. The molecule has 3 heteroatoms. The van der Waals surface area contributed by atoms with Gasteiger partial charge in [0.2, 0.25) is 0 Å². The van der Waals surface area contributed by atoms with Crippen LogP contribution in [-0.2, 0) is 0 Å². The number of aromatic nitrogens is 3. The van der Waals surface area contributed by atoms with Crippen LogP contribution in [-0.4, -0.2) is 14.8 Å². The Hall–Kier alpha value is -3.90. The van der Waals surface area contributed by atoms with E-state index in [0.717, 1.165) is 33.4 Å². The van der Waals surface area contributed by atoms with E-state index in [4.69, 9.17) is 6.42 Å². The highest BCUT2D eigenvalue weighted by atomic mass is 15.3. The van der Waals surface area contributed by atoms with Crippen molar-refractivity contribution in [3.05, 3.63) is 96.8 Å². The first-order valence-corrected chi connectivity index (χ1v) is 9.12. The lowest BCUT2D eigenvalue weighted by molar-refractivity contribution is 1.04. The van der Waals surface area contributed by atoms with Gasteiger partial charge in [-0.05, 0) is 24.5 Å². The molecule has 3 nitrogen and oxygen atoms in total. The second-order valence-corrected chi connectivity index (χ2v) is 6.31. The third kappa shape index (κ3) is 3.13. The molecule has 0 spiro atoms. The van der Waals surface area contributed by atoms with Gasteiger partial charge in [0.25, 0.3) is 0 Å². The molecule has 0 saturated heterocycles. The first-order chi connectivity index (χ1) is 13.8. The minimum absolute atomic E-state index is 0.714. The third-order valence-electron chi connectivity index (χ3n) is 4.55. The van der Waals surface area contributed by atoms with Crippen LogP contribution in [0, 0.1) is 12.3 Å². The van der Waals surface area contributed by atoms with Crippen LogP contribution in [0.5, 0.6) is 0 Å². The topological polar surface area (TPSA) is 30.7 Å². The molecule has 134 valence electrons. The molecule has 0 amide bonds. The van der Waals surface area contributed by atoms with Crippen molar-refractivity contribution in [3.8, 4) is 29.4 Å². The van der Waals surface area contributed by atoms with E-state index in [1.54, 1.807) is 6.08 Å². The van der Waals surface area contributed by atoms with Gasteiger partial charge in [0.15, 0.2) is 11.6 Å². The van der Waals surface area contributed by atoms with Crippen LogP contribution in [0.1, 0.15) is 12.7 Å². The summed E-state index contributed by atoms with van der Waals surface area (Å²) < 4.78 is 2.08. The van der Waals surface area contributed by atoms with E-state index in [1.165, 1.54) is 0 Å². The van der Waals surface area contributed by atoms with Gasteiger partial charge < -0.3 is 0 Å². The Morgan fingerprint density at radius 1 is 0.929 bits per heavy atom. The molecular weight excluding hydrogens is 342 g/mol. The molecule has 3 aromatic carbocycles. The lowest BCUT2D eigenvalue weighted by Crippen LogP contribution is -2.03. The van der Waals surface area contributed by atoms with Gasteiger partial charge in [-0.15, -0.1) is 16.6 Å². The zero-order valence-electron chi connectivity index (χ0n) is 15.6. The highest BCUT2D eigenvalue weighted by Gasteiger charge is 2.18. The van der Waals surface area contributed by atoms with E-state index in [1.807, 2.05) is 61.5 Å². The average Bonchev–Trinajstić information content (AvgIpc) is 3.18. The molecule has 0 aliphatic rings. The van der Waals surface area contributed by atoms with Gasteiger partial charge in [0.1, 0.15) is 0 Å². The van der Waals surface area contributed by atoms with Crippen molar-refractivity contribution in [1.82, 2.24) is 14.8 Å². The highest BCUT2D eigenvalue weighted by molar-refractivity contribution is 5.91. The van der Waals surface area contributed by atoms with Crippen LogP contribution in [0.4, 0.5) is 0 Å². The summed E-state index contributed by atoms with van der Waals surface area (Å²) in [4.78, 5) is 0. The number of nitrogens with zero attached hydrogens (tertiary/aromatic N) is 3. The van der Waals surface area contributed by atoms with Gasteiger partial charge in [0.05, 0.1) is 5.69 Å². The molecular formula is C25H19N3. The van der Waals surface area contributed by atoms with Crippen molar-refractivity contribution in [2.45, 2.75) is 6.92 Å². The molecule has 0 atom stereocenters. The van der Waals surface area contributed by atoms with Crippen LogP contribution in [0.3, 0.4) is 0 Å². The standard InChI is InChI=1S/C25H19N3/c1-3-11-20(12-4-2)24-26-27-25(21-14-6-5-7-15-21)28(24)23-18-10-16-19-13-8-9-17-22(19)23/h1,4-18H,2H3/b12-4-,20-11+. The Bertz CT molecular complexity index is 1220. The lowest BCUT2D eigenvalue weighted by Gasteiger charge is -2.14. The second-order valence-electron chi connectivity index (χ2n) is 6.31. The van der Waals surface area contributed by atoms with Crippen LogP contribution in [0.15, 0.2) is 91.0 Å². The Morgan fingerprint density at radius 2 is 1.68 bits per heavy atom. The molecule has 0 unspecified atom stereocenters. The molecule has 0 radical (unpaired) electrons. The fourth-order valence-electron chi connectivity index (χ4n) is 3.33. The minimum Gasteiger partial charge on any atom is -0.274 e. The van der Waals surface area contributed by atoms with Crippen molar-refractivity contribution >= 4 is 16.3 Å². The predicted octanol–water partition coefficient (Wildman–Crippen LogP) is 5.68. The van der Waals surface area contributed by atoms with Crippen molar-refractivity contribution in [1.29, 1.82) is 0 Å². The normalized spacial score (nSPS) is 11.8. The van der Waals surface area contributed by atoms with E-state index < -0.39 is 0 Å². The fraction of sp³-hybridized carbons (Fsp3) is 0.0400. The summed E-state index contributed by atoms with van der Waals surface area (Å²) >= 11 is 0. The number of rotatable bonds is 4. The molecule has 4 rings (SSSR count). The maximum Gasteiger partial charge on any atom is 0.169 e. The van der Waals surface area contributed by atoms with Gasteiger partial charge >= 0.3 is 0 Å². The summed E-state index contributed by atoms with van der Waals surface area (Å²) in [6.45, 7) is 1.96. The summed E-state index contributed by atoms with van der Waals surface area (Å²) in [6.07, 6.45) is 11.2. The van der Waals surface area contributed by atoms with E-state index in [9.17, 15) is 0 Å². The van der Waals surface area contributed by atoms with Crippen LogP contribution in [0.25, 0.3) is 33.4 Å². The van der Waals surface area contributed by atoms with Crippen LogP contribution < -0.4 is 0 Å². The fourth-order valence-corrected chi connectivity index (χ4v) is 3.33. The minimum atomic E-state index is 0.714. The molecule has 0 N–H and O–H groups in total. The van der Waals surface area contributed by atoms with Gasteiger partial charge in [-0.1, -0.05) is 84.8 Å². The molecule has 28 heavy (non-hydrogen) atoms. The molecule has 0 saturated carbocycles. The molecule has 0 aliphatic heterocycles. The van der Waals surface area contributed by atoms with E-state index in [2.05, 4.69) is 51.0 Å². The van der Waals surface area contributed by atoms with Crippen LogP contribution >= 0.6 is 0 Å². The first-order valence-electron chi connectivity index (χ1n) is 9.12. The predicted molar refractivity (Wildman–Crippen MR) is 116 cm³/mol. The van der Waals surface area contributed by atoms with Crippen molar-refractivity contribution < 1.29 is 0 Å². The molecule has 1 heterocycles. The smallest absolute Gasteiger partial charge is 0.169 e. The summed E-state index contributed by atoms with van der Waals surface area (Å²) in [5.74, 6) is 4.11. The molecule has 0 fully saturated rings. The molecule has 0 bridgehead atoms. The number of hydrogen-bond donors (Lipinski definition) is 0. The maximum absolute atomic E-state index is 5.58. The van der Waals surface area contributed by atoms with Gasteiger partial charge in [-0.2, -0.15) is 0 Å². The number of allylic oxidation sites excluding steroid dienone is 4. The van der Waals surface area contributed by atoms with Crippen molar-refractivity contribution in [2.24, 2.45) is 0 Å². The number of hydrogen-bond acceptors (Lipinski definition) is 2. The largest absolute Gasteiger partial charge is 0.274 e. The summed E-state index contributed by atoms with van der Waals surface area (Å²) in [7, 11) is 0. The van der Waals surface area contributed by atoms with E-state index in [-0.39, 0.29) is 0 Å². The monoisotopic (exact) mass is 361 g/mol. The van der Waals surface area contributed by atoms with Gasteiger partial charge in [0, 0.05) is 16.5 Å². The lowest BCUT2D eigenvalue weighted by atomic mass is 10.1. The third-order valence-corrected chi connectivity index (χ3v) is 4.55. The number of benzene rings is 3. The van der Waals surface area contributed by atoms with E-state index in [0.29, 0.717) is 5.82 Å². The zero-order chi connectivity index (χ0) is 19.3. The Morgan fingerprint density at radius 3 is 2.46 bits per heavy atom. The summed E-state index contributed by atoms with van der Waals surface area (Å²) in [6, 6.07) is 24.6. The summed E-state index contributed by atoms with van der Waals surface area (Å²) in [5, 5.41) is 11.3. The van der Waals surface area contributed by atoms with Crippen molar-refractivity contribution in [2.75, 3.05) is 0 Å². The van der Waals surface area contributed by atoms with E-state index >= 15 is 0 Å². The molecule has 0 aliphatic carbocycles. The Balaban J connectivity index is 2.07. The van der Waals surface area contributed by atoms with Gasteiger partial charge in [-0.25, -0.2) is 0 Å². The summed E-state index contributed by atoms with van der Waals surface area (Å²) in [5.41, 5.74) is 2.85. The average molecular weight is 361 g/mol. The highest BCUT2D eigenvalue weighted by Crippen LogP contribution is 2.30. The second kappa shape index (κ2) is 7.77. The molecule has 1 aromatic heterocycles. The Labute approximate surface area is 164 Å². The van der Waals surface area contributed by atoms with Crippen LogP contribution in [0.2, 0.25) is 0 Å². The first kappa shape index (κ1) is 17.5. The zero-order valence-corrected chi connectivity index (χ0v) is 15.6. The van der Waals surface area contributed by atoms with Gasteiger partial charge in [-0.3, -0.25) is 4.57 Å². The maximum atomic E-state index is 5.58.